The zero-order chi connectivity index (χ0) is 24.8. The van der Waals surface area contributed by atoms with E-state index < -0.39 is 66.2 Å². The fraction of sp³-hybridized carbons (Fsp3) is 0.667. The van der Waals surface area contributed by atoms with Crippen molar-refractivity contribution in [2.75, 3.05) is 12.0 Å². The van der Waals surface area contributed by atoms with E-state index in [-0.39, 0.29) is 25.7 Å². The second-order valence-electron chi connectivity index (χ2n) is 7.03. The molecule has 0 radical (unpaired) electrons. The number of carboxylic acid groups (broad SMARTS) is 2. The number of rotatable bonds is 16. The second-order valence-corrected chi connectivity index (χ2v) is 8.01. The van der Waals surface area contributed by atoms with Crippen molar-refractivity contribution in [1.82, 2.24) is 16.0 Å². The van der Waals surface area contributed by atoms with E-state index in [4.69, 9.17) is 16.6 Å². The van der Waals surface area contributed by atoms with E-state index in [0.717, 1.165) is 0 Å². The van der Waals surface area contributed by atoms with Gasteiger partial charge < -0.3 is 37.6 Å². The number of aliphatic carboxylic acids is 2. The fourth-order valence-electron chi connectivity index (χ4n) is 2.43. The van der Waals surface area contributed by atoms with E-state index in [1.807, 2.05) is 0 Å². The number of hydrogen-bond acceptors (Lipinski definition) is 8. The summed E-state index contributed by atoms with van der Waals surface area (Å²) < 4.78 is 0. The molecule has 0 aromatic carbocycles. The van der Waals surface area contributed by atoms with Crippen LogP contribution in [0, 0.1) is 0 Å². The standard InChI is InChI=1S/C18H31N5O8S/c1-9(19)15(27)21-10(3-5-13(20)24)16(28)22-11(7-8-32-2)17(29)23-12(18(30)31)4-6-14(25)26/h9-12H,3-8,19H2,1-2H3,(H2,20,24)(H,21,27)(H,22,28)(H,23,29)(H,25,26)(H,30,31). The Labute approximate surface area is 189 Å². The van der Waals surface area contributed by atoms with Gasteiger partial charge in [0.1, 0.15) is 18.1 Å². The first-order valence-corrected chi connectivity index (χ1v) is 11.2. The van der Waals surface area contributed by atoms with Crippen LogP contribution >= 0.6 is 11.8 Å². The zero-order valence-corrected chi connectivity index (χ0v) is 18.8. The molecule has 0 rings (SSSR count). The van der Waals surface area contributed by atoms with Crippen LogP contribution in [0.15, 0.2) is 0 Å². The number of nitrogens with two attached hydrogens (primary N) is 2. The van der Waals surface area contributed by atoms with Crippen LogP contribution in [0.2, 0.25) is 0 Å². The van der Waals surface area contributed by atoms with Gasteiger partial charge in [-0.2, -0.15) is 11.8 Å². The Kier molecular flexibility index (Phi) is 13.7. The number of hydrogen-bond donors (Lipinski definition) is 7. The predicted octanol–water partition coefficient (Wildman–Crippen LogP) is -2.24. The van der Waals surface area contributed by atoms with Crippen molar-refractivity contribution in [3.8, 4) is 0 Å². The van der Waals surface area contributed by atoms with Crippen LogP contribution in [-0.4, -0.2) is 82.0 Å². The van der Waals surface area contributed by atoms with Crippen molar-refractivity contribution >= 4 is 47.3 Å². The molecule has 0 saturated carbocycles. The molecule has 4 atom stereocenters. The Morgan fingerprint density at radius 2 is 1.28 bits per heavy atom. The zero-order valence-electron chi connectivity index (χ0n) is 18.0. The van der Waals surface area contributed by atoms with Crippen LogP contribution in [0.1, 0.15) is 39.0 Å². The molecule has 0 heterocycles. The summed E-state index contributed by atoms with van der Waals surface area (Å²) in [6, 6.07) is -4.76. The maximum absolute atomic E-state index is 12.7. The molecule has 9 N–H and O–H groups in total. The van der Waals surface area contributed by atoms with Crippen LogP contribution in [0.25, 0.3) is 0 Å². The molecule has 14 heteroatoms. The first-order valence-electron chi connectivity index (χ1n) is 9.77. The molecule has 32 heavy (non-hydrogen) atoms. The predicted molar refractivity (Wildman–Crippen MR) is 115 cm³/mol. The van der Waals surface area contributed by atoms with Gasteiger partial charge in [0.25, 0.3) is 0 Å². The summed E-state index contributed by atoms with van der Waals surface area (Å²) in [4.78, 5) is 70.4. The van der Waals surface area contributed by atoms with Crippen LogP contribution in [0.4, 0.5) is 0 Å². The average molecular weight is 478 g/mol. The third-order valence-electron chi connectivity index (χ3n) is 4.23. The lowest BCUT2D eigenvalue weighted by molar-refractivity contribution is -0.143. The van der Waals surface area contributed by atoms with Gasteiger partial charge in [0.2, 0.25) is 23.6 Å². The highest BCUT2D eigenvalue weighted by molar-refractivity contribution is 7.98. The molecule has 0 aromatic heterocycles. The topological polar surface area (TPSA) is 231 Å². The molecule has 0 aromatic rings. The molecule has 4 amide bonds. The highest BCUT2D eigenvalue weighted by Crippen LogP contribution is 2.06. The Morgan fingerprint density at radius 3 is 1.72 bits per heavy atom. The summed E-state index contributed by atoms with van der Waals surface area (Å²) in [5, 5.41) is 25.0. The third-order valence-corrected chi connectivity index (χ3v) is 4.87. The Hall–Kier alpha value is -2.87. The van der Waals surface area contributed by atoms with Gasteiger partial charge in [-0.05, 0) is 38.2 Å². The van der Waals surface area contributed by atoms with Gasteiger partial charge in [0.05, 0.1) is 6.04 Å². The summed E-state index contributed by atoms with van der Waals surface area (Å²) >= 11 is 1.38. The number of carbonyl (C=O) groups excluding carboxylic acids is 4. The van der Waals surface area contributed by atoms with Crippen LogP contribution in [-0.2, 0) is 28.8 Å². The number of amides is 4. The van der Waals surface area contributed by atoms with Crippen molar-refractivity contribution in [3.05, 3.63) is 0 Å². The summed E-state index contributed by atoms with van der Waals surface area (Å²) in [7, 11) is 0. The van der Waals surface area contributed by atoms with Crippen molar-refractivity contribution in [2.45, 2.75) is 63.2 Å². The van der Waals surface area contributed by atoms with Crippen molar-refractivity contribution in [1.29, 1.82) is 0 Å². The maximum atomic E-state index is 12.7. The second kappa shape index (κ2) is 15.0. The highest BCUT2D eigenvalue weighted by atomic mass is 32.2. The van der Waals surface area contributed by atoms with Gasteiger partial charge in [-0.25, -0.2) is 4.79 Å². The number of carbonyl (C=O) groups is 6. The molecular formula is C18H31N5O8S. The van der Waals surface area contributed by atoms with E-state index in [0.29, 0.717) is 5.75 Å². The SMILES string of the molecule is CSCCC(NC(=O)C(CCC(N)=O)NC(=O)C(C)N)C(=O)NC(CCC(=O)O)C(=O)O. The van der Waals surface area contributed by atoms with Gasteiger partial charge in [0.15, 0.2) is 0 Å². The molecule has 182 valence electrons. The minimum Gasteiger partial charge on any atom is -0.481 e. The first kappa shape index (κ1) is 29.1. The highest BCUT2D eigenvalue weighted by Gasteiger charge is 2.30. The van der Waals surface area contributed by atoms with E-state index in [1.54, 1.807) is 6.26 Å². The van der Waals surface area contributed by atoms with Gasteiger partial charge in [-0.1, -0.05) is 0 Å². The summed E-state index contributed by atoms with van der Waals surface area (Å²) in [5.41, 5.74) is 10.6. The summed E-state index contributed by atoms with van der Waals surface area (Å²) in [6.45, 7) is 1.40. The minimum atomic E-state index is -1.46. The van der Waals surface area contributed by atoms with E-state index in [1.165, 1.54) is 18.7 Å². The number of primary amides is 1. The maximum Gasteiger partial charge on any atom is 0.326 e. The van der Waals surface area contributed by atoms with Gasteiger partial charge in [0, 0.05) is 12.8 Å². The molecule has 0 aliphatic carbocycles. The lowest BCUT2D eigenvalue weighted by atomic mass is 10.1. The Morgan fingerprint density at radius 1 is 0.812 bits per heavy atom. The number of nitrogens with one attached hydrogen (secondary N) is 3. The number of thioether (sulfide) groups is 1. The molecule has 0 saturated heterocycles. The monoisotopic (exact) mass is 477 g/mol. The molecule has 4 unspecified atom stereocenters. The van der Waals surface area contributed by atoms with E-state index in [9.17, 15) is 33.9 Å². The summed E-state index contributed by atoms with van der Waals surface area (Å²) in [6.07, 6.45) is 0.737. The van der Waals surface area contributed by atoms with Crippen molar-refractivity contribution in [2.24, 2.45) is 11.5 Å². The Balaban J connectivity index is 5.42. The van der Waals surface area contributed by atoms with Gasteiger partial charge in [-0.3, -0.25) is 24.0 Å². The first-order chi connectivity index (χ1) is 14.9. The fourth-order valence-corrected chi connectivity index (χ4v) is 2.90. The van der Waals surface area contributed by atoms with Crippen LogP contribution in [0.3, 0.4) is 0 Å². The third kappa shape index (κ3) is 12.1. The van der Waals surface area contributed by atoms with Crippen LogP contribution in [0.5, 0.6) is 0 Å². The minimum absolute atomic E-state index is 0.132. The molecular weight excluding hydrogens is 446 g/mol. The lowest BCUT2D eigenvalue weighted by Crippen LogP contribution is -2.57. The molecule has 0 spiro atoms. The lowest BCUT2D eigenvalue weighted by Gasteiger charge is -2.24. The largest absolute Gasteiger partial charge is 0.481 e. The molecule has 13 nitrogen and oxygen atoms in total. The average Bonchev–Trinajstić information content (AvgIpc) is 2.69. The summed E-state index contributed by atoms with van der Waals surface area (Å²) in [5.74, 6) is -5.16. The normalized spacial score (nSPS) is 14.3. The molecule has 0 bridgehead atoms. The Bertz CT molecular complexity index is 703. The van der Waals surface area contributed by atoms with Crippen molar-refractivity contribution in [3.63, 3.8) is 0 Å². The van der Waals surface area contributed by atoms with Gasteiger partial charge >= 0.3 is 11.9 Å². The van der Waals surface area contributed by atoms with Gasteiger partial charge in [-0.15, -0.1) is 0 Å². The smallest absolute Gasteiger partial charge is 0.326 e. The van der Waals surface area contributed by atoms with E-state index in [2.05, 4.69) is 16.0 Å². The molecule has 0 aliphatic heterocycles. The van der Waals surface area contributed by atoms with E-state index >= 15 is 0 Å². The number of carboxylic acids is 2. The van der Waals surface area contributed by atoms with Crippen LogP contribution < -0.4 is 27.4 Å². The molecule has 0 aliphatic rings. The van der Waals surface area contributed by atoms with Crippen molar-refractivity contribution < 1.29 is 39.0 Å². The quantitative estimate of drug-likeness (QED) is 0.126. The molecule has 0 fully saturated rings.